The van der Waals surface area contributed by atoms with E-state index in [0.29, 0.717) is 31.7 Å². The highest BCUT2D eigenvalue weighted by atomic mass is 35.5. The van der Waals surface area contributed by atoms with E-state index in [1.807, 2.05) is 71.3 Å². The van der Waals surface area contributed by atoms with Crippen molar-refractivity contribution < 1.29 is 9.47 Å². The molecule has 0 saturated carbocycles. The number of allylic oxidation sites excluding steroid dienone is 1. The van der Waals surface area contributed by atoms with Gasteiger partial charge in [-0.1, -0.05) is 95.2 Å². The molecule has 0 amide bonds. The van der Waals surface area contributed by atoms with Gasteiger partial charge in [0.2, 0.25) is 0 Å². The van der Waals surface area contributed by atoms with Crippen molar-refractivity contribution in [2.75, 3.05) is 7.11 Å². The van der Waals surface area contributed by atoms with Crippen LogP contribution in [0.3, 0.4) is 0 Å². The minimum atomic E-state index is -0.307. The molecule has 2 heterocycles. The molecule has 0 radical (unpaired) electrons. The minimum Gasteiger partial charge on any atom is -0.496 e. The lowest BCUT2D eigenvalue weighted by Crippen LogP contribution is -2.39. The van der Waals surface area contributed by atoms with Crippen molar-refractivity contribution in [1.29, 1.82) is 0 Å². The summed E-state index contributed by atoms with van der Waals surface area (Å²) >= 11 is 13.6. The lowest BCUT2D eigenvalue weighted by molar-refractivity contribution is 0.306. The van der Waals surface area contributed by atoms with Crippen LogP contribution in [0.2, 0.25) is 10.0 Å². The zero-order valence-electron chi connectivity index (χ0n) is 23.2. The van der Waals surface area contributed by atoms with Gasteiger partial charge in [-0.25, -0.2) is 4.99 Å². The fraction of sp³-hybridized carbons (Fsp3) is 0.143. The summed E-state index contributed by atoms with van der Waals surface area (Å²) in [5.41, 5.74) is 7.16. The number of benzene rings is 4. The van der Waals surface area contributed by atoms with Gasteiger partial charge in [0.1, 0.15) is 18.1 Å². The number of fused-ring (bicyclic) bond motifs is 3. The number of nitrogens with zero attached hydrogens (tertiary/aromatic N) is 2. The summed E-state index contributed by atoms with van der Waals surface area (Å²) in [6, 6.07) is 29.2. The van der Waals surface area contributed by atoms with Crippen molar-refractivity contribution in [2.24, 2.45) is 4.99 Å². The molecule has 214 valence electrons. The summed E-state index contributed by atoms with van der Waals surface area (Å²) in [7, 11) is 1.67. The molecule has 0 spiro atoms. The smallest absolute Gasteiger partial charge is 0.271 e. The van der Waals surface area contributed by atoms with Crippen LogP contribution in [0.5, 0.6) is 11.5 Å². The summed E-state index contributed by atoms with van der Waals surface area (Å²) in [6.45, 7) is 0.342. The van der Waals surface area contributed by atoms with Crippen LogP contribution in [-0.2, 0) is 13.0 Å². The molecule has 4 aromatic carbocycles. The van der Waals surface area contributed by atoms with Gasteiger partial charge in [0.15, 0.2) is 4.80 Å². The molecular formula is C35H26Cl2N2O3S. The number of para-hydroxylation sites is 1. The Bertz CT molecular complexity index is 2100. The normalized spacial score (nSPS) is 15.8. The van der Waals surface area contributed by atoms with E-state index in [9.17, 15) is 4.79 Å². The second-order valence-corrected chi connectivity index (χ2v) is 12.3. The first kappa shape index (κ1) is 27.7. The molecular weight excluding hydrogens is 599 g/mol. The number of aromatic nitrogens is 1. The fourth-order valence-corrected chi connectivity index (χ4v) is 7.15. The maximum atomic E-state index is 14.1. The van der Waals surface area contributed by atoms with E-state index in [2.05, 4.69) is 18.2 Å². The van der Waals surface area contributed by atoms with Crippen LogP contribution in [0.1, 0.15) is 40.3 Å². The summed E-state index contributed by atoms with van der Waals surface area (Å²) in [5.74, 6) is 1.44. The molecule has 0 unspecified atom stereocenters. The number of thiazole rings is 1. The topological polar surface area (TPSA) is 52.8 Å². The third kappa shape index (κ3) is 5.20. The van der Waals surface area contributed by atoms with Gasteiger partial charge in [-0.15, -0.1) is 0 Å². The molecule has 5 nitrogen and oxygen atoms in total. The molecule has 0 saturated heterocycles. The summed E-state index contributed by atoms with van der Waals surface area (Å²) in [4.78, 5) is 19.9. The maximum Gasteiger partial charge on any atom is 0.271 e. The number of halogens is 2. The predicted molar refractivity (Wildman–Crippen MR) is 173 cm³/mol. The van der Waals surface area contributed by atoms with Gasteiger partial charge in [-0.05, 0) is 71.5 Å². The average molecular weight is 626 g/mol. The molecule has 0 bridgehead atoms. The molecule has 2 aliphatic rings. The van der Waals surface area contributed by atoms with Gasteiger partial charge < -0.3 is 9.47 Å². The van der Waals surface area contributed by atoms with E-state index in [4.69, 9.17) is 37.7 Å². The van der Waals surface area contributed by atoms with Crippen LogP contribution >= 0.6 is 34.5 Å². The zero-order chi connectivity index (χ0) is 29.5. The standard InChI is InChI=1S/C35H26Cl2N2O3S/c1-41-30-12-5-4-11-26(30)33-27-15-14-23-8-2-3-10-25(23)32(27)38-35-39(33)34(40)31(43-35)19-21-7-6-9-24(17-21)42-20-22-13-16-28(36)29(37)18-22/h2-13,16-19,33H,14-15,20H2,1H3/b31-19-/t33-/m1/s1. The fourth-order valence-electron chi connectivity index (χ4n) is 5.83. The van der Waals surface area contributed by atoms with Gasteiger partial charge in [-0.3, -0.25) is 9.36 Å². The van der Waals surface area contributed by atoms with Crippen molar-refractivity contribution >= 4 is 46.3 Å². The van der Waals surface area contributed by atoms with Gasteiger partial charge in [0, 0.05) is 11.1 Å². The first-order valence-electron chi connectivity index (χ1n) is 13.9. The van der Waals surface area contributed by atoms with Crippen LogP contribution in [0, 0.1) is 0 Å². The van der Waals surface area contributed by atoms with Crippen LogP contribution in [0.15, 0.2) is 106 Å². The molecule has 0 N–H and O–H groups in total. The third-order valence-electron chi connectivity index (χ3n) is 7.85. The SMILES string of the molecule is COc1ccccc1[C@@H]1C2=C(N=c3s/c(=C\c4cccc(OCc5ccc(Cl)c(Cl)c5)c4)c(=O)n31)c1ccccc1CC2. The molecule has 1 aliphatic heterocycles. The highest BCUT2D eigenvalue weighted by Crippen LogP contribution is 2.43. The Morgan fingerprint density at radius 2 is 1.79 bits per heavy atom. The Labute approximate surface area is 262 Å². The van der Waals surface area contributed by atoms with Gasteiger partial charge in [0.25, 0.3) is 5.56 Å². The molecule has 1 aromatic heterocycles. The van der Waals surface area contributed by atoms with Gasteiger partial charge in [-0.2, -0.15) is 0 Å². The number of methoxy groups -OCH3 is 1. The number of hydrogen-bond acceptors (Lipinski definition) is 5. The monoisotopic (exact) mass is 624 g/mol. The van der Waals surface area contributed by atoms with E-state index in [1.165, 1.54) is 16.9 Å². The van der Waals surface area contributed by atoms with Crippen LogP contribution < -0.4 is 24.4 Å². The van der Waals surface area contributed by atoms with E-state index < -0.39 is 0 Å². The molecule has 5 aromatic rings. The highest BCUT2D eigenvalue weighted by molar-refractivity contribution is 7.07. The van der Waals surface area contributed by atoms with Crippen LogP contribution in [-0.4, -0.2) is 11.7 Å². The van der Waals surface area contributed by atoms with Crippen molar-refractivity contribution in [3.63, 3.8) is 0 Å². The molecule has 43 heavy (non-hydrogen) atoms. The largest absolute Gasteiger partial charge is 0.496 e. The van der Waals surface area contributed by atoms with Crippen LogP contribution in [0.4, 0.5) is 0 Å². The Hall–Kier alpha value is -4.10. The highest BCUT2D eigenvalue weighted by Gasteiger charge is 2.33. The van der Waals surface area contributed by atoms with Gasteiger partial charge >= 0.3 is 0 Å². The second-order valence-electron chi connectivity index (χ2n) is 10.5. The summed E-state index contributed by atoms with van der Waals surface area (Å²) in [6.07, 6.45) is 3.63. The Morgan fingerprint density at radius 3 is 2.65 bits per heavy atom. The first-order valence-corrected chi connectivity index (χ1v) is 15.5. The molecule has 1 aliphatic carbocycles. The Balaban J connectivity index is 1.31. The third-order valence-corrected chi connectivity index (χ3v) is 9.57. The average Bonchev–Trinajstić information content (AvgIpc) is 3.34. The van der Waals surface area contributed by atoms with E-state index in [-0.39, 0.29) is 11.6 Å². The number of ether oxygens (including phenoxy) is 2. The van der Waals surface area contributed by atoms with E-state index in [1.54, 1.807) is 19.2 Å². The van der Waals surface area contributed by atoms with E-state index in [0.717, 1.165) is 52.1 Å². The van der Waals surface area contributed by atoms with Crippen molar-refractivity contribution in [3.05, 3.63) is 154 Å². The Morgan fingerprint density at radius 1 is 0.953 bits per heavy atom. The molecule has 7 rings (SSSR count). The summed E-state index contributed by atoms with van der Waals surface area (Å²) < 4.78 is 14.3. The van der Waals surface area contributed by atoms with E-state index >= 15 is 0 Å². The number of rotatable bonds is 6. The molecule has 1 atom stereocenters. The van der Waals surface area contributed by atoms with Crippen molar-refractivity contribution in [3.8, 4) is 11.5 Å². The molecule has 8 heteroatoms. The Kier molecular flexibility index (Phi) is 7.43. The first-order chi connectivity index (χ1) is 21.0. The van der Waals surface area contributed by atoms with Crippen LogP contribution in [0.25, 0.3) is 11.8 Å². The maximum absolute atomic E-state index is 14.1. The minimum absolute atomic E-state index is 0.0767. The quantitative estimate of drug-likeness (QED) is 0.200. The van der Waals surface area contributed by atoms with Gasteiger partial charge in [0.05, 0.1) is 33.4 Å². The van der Waals surface area contributed by atoms with Crippen molar-refractivity contribution in [1.82, 2.24) is 4.57 Å². The predicted octanol–water partition coefficient (Wildman–Crippen LogP) is 7.21. The zero-order valence-corrected chi connectivity index (χ0v) is 25.5. The lowest BCUT2D eigenvalue weighted by Gasteiger charge is -2.31. The van der Waals surface area contributed by atoms with Crippen molar-refractivity contribution in [2.45, 2.75) is 25.5 Å². The summed E-state index contributed by atoms with van der Waals surface area (Å²) in [5, 5.41) is 0.996. The lowest BCUT2D eigenvalue weighted by atomic mass is 9.83. The molecule has 0 fully saturated rings. The second kappa shape index (κ2) is 11.5. The number of aryl methyl sites for hydroxylation is 1. The number of hydrogen-bond donors (Lipinski definition) is 0.